The summed E-state index contributed by atoms with van der Waals surface area (Å²) in [5, 5.41) is 14.8. The van der Waals surface area contributed by atoms with Crippen LogP contribution in [-0.2, 0) is 14.3 Å². The Kier molecular flexibility index (Phi) is 9.69. The zero-order valence-electron chi connectivity index (χ0n) is 15.7. The number of morpholine rings is 1. The molecular weight excluding hydrogens is 338 g/mol. The van der Waals surface area contributed by atoms with Crippen molar-refractivity contribution in [1.29, 1.82) is 0 Å². The van der Waals surface area contributed by atoms with Gasteiger partial charge in [0, 0.05) is 19.6 Å². The van der Waals surface area contributed by atoms with Gasteiger partial charge in [-0.25, -0.2) is 9.59 Å². The molecular formula is C19H29NO6. The molecule has 0 saturated carbocycles. The molecule has 0 bridgehead atoms. The molecule has 0 atom stereocenters. The molecule has 1 saturated heterocycles. The van der Waals surface area contributed by atoms with Crippen LogP contribution in [-0.4, -0.2) is 66.5 Å². The molecule has 0 aliphatic carbocycles. The molecule has 0 unspecified atom stereocenters. The summed E-state index contributed by atoms with van der Waals surface area (Å²) >= 11 is 0. The SMILES string of the molecule is Cc1ccc(C(C)C)cc1OCCCN1CCOCC1.O=C(O)C(=O)O. The number of hydrogen-bond acceptors (Lipinski definition) is 5. The molecule has 7 nitrogen and oxygen atoms in total. The molecule has 1 fully saturated rings. The maximum absolute atomic E-state index is 9.10. The highest BCUT2D eigenvalue weighted by atomic mass is 16.5. The normalized spacial score (nSPS) is 14.5. The van der Waals surface area contributed by atoms with Gasteiger partial charge in [0.1, 0.15) is 5.75 Å². The van der Waals surface area contributed by atoms with Crippen molar-refractivity contribution < 1.29 is 29.3 Å². The van der Waals surface area contributed by atoms with Crippen molar-refractivity contribution in [3.8, 4) is 5.75 Å². The molecule has 1 aromatic carbocycles. The van der Waals surface area contributed by atoms with E-state index in [1.54, 1.807) is 0 Å². The molecule has 0 amide bonds. The minimum Gasteiger partial charge on any atom is -0.493 e. The number of hydrogen-bond donors (Lipinski definition) is 2. The zero-order valence-corrected chi connectivity index (χ0v) is 15.7. The van der Waals surface area contributed by atoms with Crippen molar-refractivity contribution in [2.24, 2.45) is 0 Å². The molecule has 1 heterocycles. The largest absolute Gasteiger partial charge is 0.493 e. The Hall–Kier alpha value is -2.12. The Morgan fingerprint density at radius 3 is 2.35 bits per heavy atom. The first-order valence-corrected chi connectivity index (χ1v) is 8.81. The van der Waals surface area contributed by atoms with Crippen LogP contribution in [0, 0.1) is 6.92 Å². The van der Waals surface area contributed by atoms with Crippen molar-refractivity contribution in [3.05, 3.63) is 29.3 Å². The molecule has 0 radical (unpaired) electrons. The average Bonchev–Trinajstić information content (AvgIpc) is 2.61. The summed E-state index contributed by atoms with van der Waals surface area (Å²) in [7, 11) is 0. The van der Waals surface area contributed by atoms with Gasteiger partial charge in [-0.15, -0.1) is 0 Å². The highest BCUT2D eigenvalue weighted by Gasteiger charge is 2.10. The maximum atomic E-state index is 9.10. The first-order valence-electron chi connectivity index (χ1n) is 8.81. The average molecular weight is 367 g/mol. The lowest BCUT2D eigenvalue weighted by atomic mass is 10.0. The van der Waals surface area contributed by atoms with E-state index >= 15 is 0 Å². The van der Waals surface area contributed by atoms with Crippen LogP contribution < -0.4 is 4.74 Å². The topological polar surface area (TPSA) is 96.3 Å². The monoisotopic (exact) mass is 367 g/mol. The summed E-state index contributed by atoms with van der Waals surface area (Å²) < 4.78 is 11.3. The number of ether oxygens (including phenoxy) is 2. The third-order valence-corrected chi connectivity index (χ3v) is 4.04. The van der Waals surface area contributed by atoms with Crippen LogP contribution in [0.5, 0.6) is 5.75 Å². The lowest BCUT2D eigenvalue weighted by Gasteiger charge is -2.26. The second-order valence-corrected chi connectivity index (χ2v) is 6.45. The smallest absolute Gasteiger partial charge is 0.414 e. The van der Waals surface area contributed by atoms with Crippen molar-refractivity contribution >= 4 is 11.9 Å². The van der Waals surface area contributed by atoms with Gasteiger partial charge in [0.05, 0.1) is 19.8 Å². The predicted molar refractivity (Wildman–Crippen MR) is 97.9 cm³/mol. The Morgan fingerprint density at radius 2 is 1.81 bits per heavy atom. The molecule has 2 rings (SSSR count). The minimum atomic E-state index is -1.82. The standard InChI is InChI=1S/C17H27NO2.C2H2O4/c1-14(2)16-6-5-15(3)17(13-16)20-10-4-7-18-8-11-19-12-9-18;3-1(4)2(5)6/h5-6,13-14H,4,7-12H2,1-3H3;(H,3,4)(H,5,6). The van der Waals surface area contributed by atoms with Crippen LogP contribution in [0.3, 0.4) is 0 Å². The summed E-state index contributed by atoms with van der Waals surface area (Å²) in [6.07, 6.45) is 1.07. The van der Waals surface area contributed by atoms with Gasteiger partial charge in [0.25, 0.3) is 0 Å². The second-order valence-electron chi connectivity index (χ2n) is 6.45. The van der Waals surface area contributed by atoms with E-state index in [1.165, 1.54) is 11.1 Å². The highest BCUT2D eigenvalue weighted by Crippen LogP contribution is 2.24. The van der Waals surface area contributed by atoms with Crippen LogP contribution in [0.15, 0.2) is 18.2 Å². The lowest BCUT2D eigenvalue weighted by Crippen LogP contribution is -2.37. The van der Waals surface area contributed by atoms with Crippen molar-refractivity contribution in [1.82, 2.24) is 4.90 Å². The zero-order chi connectivity index (χ0) is 19.5. The lowest BCUT2D eigenvalue weighted by molar-refractivity contribution is -0.159. The van der Waals surface area contributed by atoms with E-state index < -0.39 is 11.9 Å². The Balaban J connectivity index is 0.000000487. The van der Waals surface area contributed by atoms with Gasteiger partial charge in [0.15, 0.2) is 0 Å². The molecule has 26 heavy (non-hydrogen) atoms. The fraction of sp³-hybridized carbons (Fsp3) is 0.579. The number of carbonyl (C=O) groups is 2. The van der Waals surface area contributed by atoms with Crippen molar-refractivity contribution in [3.63, 3.8) is 0 Å². The highest BCUT2D eigenvalue weighted by molar-refractivity contribution is 6.27. The van der Waals surface area contributed by atoms with E-state index in [-0.39, 0.29) is 0 Å². The molecule has 7 heteroatoms. The van der Waals surface area contributed by atoms with E-state index in [9.17, 15) is 0 Å². The van der Waals surface area contributed by atoms with E-state index in [4.69, 9.17) is 29.3 Å². The molecule has 1 aliphatic rings. The summed E-state index contributed by atoms with van der Waals surface area (Å²) in [4.78, 5) is 20.6. The Bertz CT molecular complexity index is 569. The Morgan fingerprint density at radius 1 is 1.19 bits per heavy atom. The fourth-order valence-electron chi connectivity index (χ4n) is 2.43. The van der Waals surface area contributed by atoms with Gasteiger partial charge in [-0.3, -0.25) is 4.90 Å². The van der Waals surface area contributed by atoms with Gasteiger partial charge in [-0.05, 0) is 36.5 Å². The van der Waals surface area contributed by atoms with Crippen molar-refractivity contribution in [2.75, 3.05) is 39.5 Å². The van der Waals surface area contributed by atoms with E-state index in [0.717, 1.165) is 51.6 Å². The van der Waals surface area contributed by atoms with Gasteiger partial charge in [-0.1, -0.05) is 26.0 Å². The van der Waals surface area contributed by atoms with Gasteiger partial charge >= 0.3 is 11.9 Å². The Labute approximate surface area is 154 Å². The molecule has 0 aromatic heterocycles. The van der Waals surface area contributed by atoms with Gasteiger partial charge < -0.3 is 19.7 Å². The summed E-state index contributed by atoms with van der Waals surface area (Å²) in [5.74, 6) is -2.06. The first-order chi connectivity index (χ1) is 12.3. The second kappa shape index (κ2) is 11.5. The van der Waals surface area contributed by atoms with E-state index in [2.05, 4.69) is 43.9 Å². The number of nitrogens with zero attached hydrogens (tertiary/aromatic N) is 1. The molecule has 1 aromatic rings. The van der Waals surface area contributed by atoms with Gasteiger partial charge in [0.2, 0.25) is 0 Å². The summed E-state index contributed by atoms with van der Waals surface area (Å²) in [5.41, 5.74) is 2.57. The van der Waals surface area contributed by atoms with Crippen LogP contribution in [0.2, 0.25) is 0 Å². The minimum absolute atomic E-state index is 0.547. The van der Waals surface area contributed by atoms with Crippen molar-refractivity contribution in [2.45, 2.75) is 33.1 Å². The number of carboxylic acids is 2. The van der Waals surface area contributed by atoms with Crippen LogP contribution in [0.4, 0.5) is 0 Å². The molecule has 0 spiro atoms. The van der Waals surface area contributed by atoms with E-state index in [0.29, 0.717) is 5.92 Å². The summed E-state index contributed by atoms with van der Waals surface area (Å²) in [6, 6.07) is 6.54. The molecule has 146 valence electrons. The maximum Gasteiger partial charge on any atom is 0.414 e. The number of carboxylic acid groups (broad SMARTS) is 2. The number of aryl methyl sites for hydroxylation is 1. The number of rotatable bonds is 6. The first kappa shape index (κ1) is 21.9. The van der Waals surface area contributed by atoms with Gasteiger partial charge in [-0.2, -0.15) is 0 Å². The summed E-state index contributed by atoms with van der Waals surface area (Å²) in [6.45, 7) is 12.3. The molecule has 2 N–H and O–H groups in total. The predicted octanol–water partition coefficient (Wildman–Crippen LogP) is 2.38. The fourth-order valence-corrected chi connectivity index (χ4v) is 2.43. The molecule has 1 aliphatic heterocycles. The third-order valence-electron chi connectivity index (χ3n) is 4.04. The third kappa shape index (κ3) is 8.31. The van der Waals surface area contributed by atoms with Crippen LogP contribution in [0.1, 0.15) is 37.3 Å². The van der Waals surface area contributed by atoms with Crippen LogP contribution in [0.25, 0.3) is 0 Å². The number of aliphatic carboxylic acids is 2. The number of benzene rings is 1. The quantitative estimate of drug-likeness (QED) is 0.588. The van der Waals surface area contributed by atoms with Crippen LogP contribution >= 0.6 is 0 Å². The van der Waals surface area contributed by atoms with E-state index in [1.807, 2.05) is 0 Å².